The average Bonchev–Trinajstić information content (AvgIpc) is 2.58. The van der Waals surface area contributed by atoms with Crippen LogP contribution in [0.3, 0.4) is 0 Å². The highest BCUT2D eigenvalue weighted by Crippen LogP contribution is 2.11. The van der Waals surface area contributed by atoms with E-state index < -0.39 is 0 Å². The fraction of sp³-hybridized carbons (Fsp3) is 0.158. The Bertz CT molecular complexity index is 640. The molecular formula is C19H20N2O. The minimum absolute atomic E-state index is 0.508. The van der Waals surface area contributed by atoms with E-state index in [9.17, 15) is 0 Å². The number of aryl methyl sites for hydroxylation is 1. The second-order valence-corrected chi connectivity index (χ2v) is 4.75. The Kier molecular flexibility index (Phi) is 6.12. The third-order valence-electron chi connectivity index (χ3n) is 3.12. The van der Waals surface area contributed by atoms with Crippen LogP contribution in [-0.4, -0.2) is 19.0 Å². The molecule has 0 unspecified atom stereocenters. The maximum Gasteiger partial charge on any atom is 0.119 e. The lowest BCUT2D eigenvalue weighted by molar-refractivity contribution is 0.363. The van der Waals surface area contributed by atoms with Gasteiger partial charge in [-0.3, -0.25) is 0 Å². The van der Waals surface area contributed by atoms with E-state index in [4.69, 9.17) is 4.74 Å². The van der Waals surface area contributed by atoms with Crippen molar-refractivity contribution in [3.05, 3.63) is 77.9 Å². The smallest absolute Gasteiger partial charge is 0.119 e. The van der Waals surface area contributed by atoms with Gasteiger partial charge in [0.05, 0.1) is 12.4 Å². The van der Waals surface area contributed by atoms with Gasteiger partial charge in [-0.05, 0) is 47.4 Å². The number of rotatable bonds is 7. The third-order valence-corrected chi connectivity index (χ3v) is 3.12. The van der Waals surface area contributed by atoms with E-state index in [1.165, 1.54) is 5.56 Å². The second kappa shape index (κ2) is 8.57. The number of hydrogen-bond donors (Lipinski definition) is 0. The van der Waals surface area contributed by atoms with Crippen LogP contribution in [-0.2, 0) is 6.42 Å². The Labute approximate surface area is 131 Å². The predicted octanol–water partition coefficient (Wildman–Crippen LogP) is 4.27. The molecule has 0 aliphatic heterocycles. The molecule has 112 valence electrons. The molecule has 0 spiro atoms. The fourth-order valence-electron chi connectivity index (χ4n) is 1.84. The first-order chi connectivity index (χ1) is 10.8. The topological polar surface area (TPSA) is 34.0 Å². The van der Waals surface area contributed by atoms with Gasteiger partial charge in [0, 0.05) is 0 Å². The van der Waals surface area contributed by atoms with Crippen LogP contribution < -0.4 is 4.74 Å². The second-order valence-electron chi connectivity index (χ2n) is 4.75. The molecule has 0 fully saturated rings. The Morgan fingerprint density at radius 3 is 1.95 bits per heavy atom. The number of nitrogens with zero attached hydrogens (tertiary/aromatic N) is 2. The zero-order valence-corrected chi connectivity index (χ0v) is 12.8. The summed E-state index contributed by atoms with van der Waals surface area (Å²) in [6.07, 6.45) is 6.23. The molecule has 3 heteroatoms. The Hall–Kier alpha value is -2.68. The SMILES string of the molecule is C=CCOc1ccc(C=NN=Cc2ccc(CC)cc2)cc1. The number of ether oxygens (including phenoxy) is 1. The van der Waals surface area contributed by atoms with E-state index in [0.29, 0.717) is 6.61 Å². The van der Waals surface area contributed by atoms with E-state index >= 15 is 0 Å². The van der Waals surface area contributed by atoms with E-state index in [2.05, 4.69) is 35.8 Å². The summed E-state index contributed by atoms with van der Waals surface area (Å²) >= 11 is 0. The first-order valence-electron chi connectivity index (χ1n) is 7.31. The molecular weight excluding hydrogens is 272 g/mol. The Morgan fingerprint density at radius 2 is 1.45 bits per heavy atom. The zero-order valence-electron chi connectivity index (χ0n) is 12.8. The van der Waals surface area contributed by atoms with Crippen molar-refractivity contribution < 1.29 is 4.74 Å². The van der Waals surface area contributed by atoms with Crippen molar-refractivity contribution in [2.24, 2.45) is 10.2 Å². The van der Waals surface area contributed by atoms with E-state index in [-0.39, 0.29) is 0 Å². The van der Waals surface area contributed by atoms with Gasteiger partial charge >= 0.3 is 0 Å². The van der Waals surface area contributed by atoms with Crippen LogP contribution in [0.2, 0.25) is 0 Å². The summed E-state index contributed by atoms with van der Waals surface area (Å²) in [5.41, 5.74) is 3.34. The van der Waals surface area contributed by atoms with Gasteiger partial charge in [0.2, 0.25) is 0 Å². The van der Waals surface area contributed by atoms with Crippen LogP contribution in [0.15, 0.2) is 71.4 Å². The standard InChI is InChI=1S/C19H20N2O/c1-3-13-22-19-11-9-18(10-12-19)15-21-20-14-17-7-5-16(4-2)6-8-17/h3,5-12,14-15H,1,4,13H2,2H3. The lowest BCUT2D eigenvalue weighted by atomic mass is 10.1. The molecule has 0 atom stereocenters. The van der Waals surface area contributed by atoms with Crippen molar-refractivity contribution >= 4 is 12.4 Å². The van der Waals surface area contributed by atoms with Crippen molar-refractivity contribution in [2.45, 2.75) is 13.3 Å². The monoisotopic (exact) mass is 292 g/mol. The van der Waals surface area contributed by atoms with Crippen LogP contribution in [0.4, 0.5) is 0 Å². The highest BCUT2D eigenvalue weighted by molar-refractivity contribution is 5.82. The van der Waals surface area contributed by atoms with Gasteiger partial charge in [0.25, 0.3) is 0 Å². The lowest BCUT2D eigenvalue weighted by Crippen LogP contribution is -1.92. The molecule has 0 bridgehead atoms. The lowest BCUT2D eigenvalue weighted by Gasteiger charge is -2.02. The van der Waals surface area contributed by atoms with Crippen molar-refractivity contribution in [3.8, 4) is 5.75 Å². The number of benzene rings is 2. The molecule has 3 nitrogen and oxygen atoms in total. The van der Waals surface area contributed by atoms with Crippen LogP contribution in [0.1, 0.15) is 23.6 Å². The summed E-state index contributed by atoms with van der Waals surface area (Å²) in [7, 11) is 0. The van der Waals surface area contributed by atoms with E-state index in [1.807, 2.05) is 36.4 Å². The first-order valence-corrected chi connectivity index (χ1v) is 7.31. The van der Waals surface area contributed by atoms with Crippen LogP contribution in [0, 0.1) is 0 Å². The van der Waals surface area contributed by atoms with Gasteiger partial charge in [-0.25, -0.2) is 0 Å². The quantitative estimate of drug-likeness (QED) is 0.426. The third kappa shape index (κ3) is 5.02. The van der Waals surface area contributed by atoms with Gasteiger partial charge in [0.15, 0.2) is 0 Å². The summed E-state index contributed by atoms with van der Waals surface area (Å²) < 4.78 is 5.42. The van der Waals surface area contributed by atoms with Crippen LogP contribution in [0.25, 0.3) is 0 Å². The molecule has 0 heterocycles. The fourth-order valence-corrected chi connectivity index (χ4v) is 1.84. The van der Waals surface area contributed by atoms with Crippen molar-refractivity contribution in [1.29, 1.82) is 0 Å². The molecule has 0 aliphatic rings. The molecule has 0 aliphatic carbocycles. The Balaban J connectivity index is 1.90. The van der Waals surface area contributed by atoms with Gasteiger partial charge < -0.3 is 4.74 Å². The molecule has 2 rings (SSSR count). The molecule has 0 amide bonds. The molecule has 0 saturated carbocycles. The average molecular weight is 292 g/mol. The molecule has 0 radical (unpaired) electrons. The summed E-state index contributed by atoms with van der Waals surface area (Å²) in [6, 6.07) is 16.0. The van der Waals surface area contributed by atoms with Gasteiger partial charge in [-0.15, -0.1) is 0 Å². The maximum absolute atomic E-state index is 5.42. The Morgan fingerprint density at radius 1 is 0.909 bits per heavy atom. The summed E-state index contributed by atoms with van der Waals surface area (Å²) in [4.78, 5) is 0. The normalized spacial score (nSPS) is 11.1. The highest BCUT2D eigenvalue weighted by atomic mass is 16.5. The van der Waals surface area contributed by atoms with Gasteiger partial charge in [-0.2, -0.15) is 10.2 Å². The minimum Gasteiger partial charge on any atom is -0.490 e. The predicted molar refractivity (Wildman–Crippen MR) is 93.1 cm³/mol. The molecule has 22 heavy (non-hydrogen) atoms. The summed E-state index contributed by atoms with van der Waals surface area (Å²) in [5.74, 6) is 0.816. The summed E-state index contributed by atoms with van der Waals surface area (Å²) in [5, 5.41) is 8.12. The largest absolute Gasteiger partial charge is 0.490 e. The molecule has 0 aromatic heterocycles. The van der Waals surface area contributed by atoms with E-state index in [1.54, 1.807) is 18.5 Å². The van der Waals surface area contributed by atoms with Crippen LogP contribution in [0.5, 0.6) is 5.75 Å². The summed E-state index contributed by atoms with van der Waals surface area (Å²) in [6.45, 7) is 6.26. The van der Waals surface area contributed by atoms with Gasteiger partial charge in [0.1, 0.15) is 12.4 Å². The van der Waals surface area contributed by atoms with Crippen molar-refractivity contribution in [2.75, 3.05) is 6.61 Å². The molecule has 2 aromatic rings. The molecule has 2 aromatic carbocycles. The maximum atomic E-state index is 5.42. The van der Waals surface area contributed by atoms with Gasteiger partial charge in [-0.1, -0.05) is 43.8 Å². The molecule has 0 saturated heterocycles. The van der Waals surface area contributed by atoms with E-state index in [0.717, 1.165) is 23.3 Å². The minimum atomic E-state index is 0.508. The number of hydrogen-bond acceptors (Lipinski definition) is 3. The van der Waals surface area contributed by atoms with Crippen molar-refractivity contribution in [1.82, 2.24) is 0 Å². The zero-order chi connectivity index (χ0) is 15.6. The first kappa shape index (κ1) is 15.7. The molecule has 0 N–H and O–H groups in total. The van der Waals surface area contributed by atoms with Crippen molar-refractivity contribution in [3.63, 3.8) is 0 Å². The van der Waals surface area contributed by atoms with Crippen LogP contribution >= 0.6 is 0 Å². The highest BCUT2D eigenvalue weighted by Gasteiger charge is 1.92.